The molecule has 0 saturated heterocycles. The lowest BCUT2D eigenvalue weighted by Crippen LogP contribution is -2.28. The average Bonchev–Trinajstić information content (AvgIpc) is 2.78. The van der Waals surface area contributed by atoms with Crippen molar-refractivity contribution in [2.24, 2.45) is 0 Å². The Morgan fingerprint density at radius 3 is 2.58 bits per heavy atom. The predicted octanol–water partition coefficient (Wildman–Crippen LogP) is 6.00. The highest BCUT2D eigenvalue weighted by molar-refractivity contribution is 9.10. The Hall–Kier alpha value is -3.45. The number of amides is 1. The molecule has 0 bridgehead atoms. The first-order valence-corrected chi connectivity index (χ1v) is 10.5. The summed E-state index contributed by atoms with van der Waals surface area (Å²) >= 11 is 3.44. The van der Waals surface area contributed by atoms with Crippen LogP contribution in [0.2, 0.25) is 0 Å². The maximum absolute atomic E-state index is 13.2. The molecule has 0 saturated carbocycles. The monoisotopic (exact) mass is 480 g/mol. The number of nitro groups is 1. The highest BCUT2D eigenvalue weighted by atomic mass is 79.9. The van der Waals surface area contributed by atoms with E-state index >= 15 is 0 Å². The third-order valence-electron chi connectivity index (χ3n) is 4.48. The van der Waals surface area contributed by atoms with Gasteiger partial charge in [0.1, 0.15) is 5.75 Å². The van der Waals surface area contributed by atoms with Crippen LogP contribution in [-0.4, -0.2) is 17.4 Å². The zero-order chi connectivity index (χ0) is 22.2. The van der Waals surface area contributed by atoms with Gasteiger partial charge in [0.15, 0.2) is 0 Å². The minimum atomic E-state index is -0.472. The number of halogens is 1. The lowest BCUT2D eigenvalue weighted by atomic mass is 10.1. The van der Waals surface area contributed by atoms with Crippen LogP contribution in [0.25, 0.3) is 6.08 Å². The van der Waals surface area contributed by atoms with Crippen molar-refractivity contribution in [3.05, 3.63) is 105 Å². The Kier molecular flexibility index (Phi) is 7.56. The Balaban J connectivity index is 1.95. The lowest BCUT2D eigenvalue weighted by Gasteiger charge is -2.21. The van der Waals surface area contributed by atoms with Gasteiger partial charge in [-0.05, 0) is 42.8 Å². The Labute approximate surface area is 189 Å². The van der Waals surface area contributed by atoms with Crippen LogP contribution in [0, 0.1) is 10.1 Å². The van der Waals surface area contributed by atoms with Gasteiger partial charge < -0.3 is 9.64 Å². The summed E-state index contributed by atoms with van der Waals surface area (Å²) in [6, 6.07) is 21.1. The van der Waals surface area contributed by atoms with Crippen LogP contribution in [0.15, 0.2) is 83.3 Å². The summed E-state index contributed by atoms with van der Waals surface area (Å²) in [4.78, 5) is 25.4. The highest BCUT2D eigenvalue weighted by Gasteiger charge is 2.17. The first-order chi connectivity index (χ1) is 15.0. The fraction of sp³-hybridized carbons (Fsp3) is 0.125. The number of anilines is 1. The largest absolute Gasteiger partial charge is 0.493 e. The Morgan fingerprint density at radius 1 is 1.10 bits per heavy atom. The van der Waals surface area contributed by atoms with Crippen molar-refractivity contribution in [2.75, 3.05) is 11.5 Å². The first kappa shape index (κ1) is 22.2. The summed E-state index contributed by atoms with van der Waals surface area (Å²) in [5.41, 5.74) is 2.04. The number of non-ortho nitro benzene ring substituents is 1. The van der Waals surface area contributed by atoms with Gasteiger partial charge in [0.05, 0.1) is 23.8 Å². The maximum Gasteiger partial charge on any atom is 0.271 e. The summed E-state index contributed by atoms with van der Waals surface area (Å²) in [6.07, 6.45) is 3.14. The van der Waals surface area contributed by atoms with Gasteiger partial charge in [-0.25, -0.2) is 0 Å². The van der Waals surface area contributed by atoms with E-state index in [1.807, 2.05) is 55.5 Å². The number of carbonyl (C=O) groups is 1. The first-order valence-electron chi connectivity index (χ1n) is 9.68. The molecule has 3 aromatic carbocycles. The van der Waals surface area contributed by atoms with Crippen molar-refractivity contribution in [1.82, 2.24) is 0 Å². The minimum absolute atomic E-state index is 0.0713. The molecule has 0 aliphatic carbocycles. The van der Waals surface area contributed by atoms with Gasteiger partial charge in [0, 0.05) is 28.2 Å². The number of nitro benzene ring substituents is 1. The van der Waals surface area contributed by atoms with E-state index in [1.165, 1.54) is 23.1 Å². The number of hydrogen-bond acceptors (Lipinski definition) is 4. The number of nitrogens with zero attached hydrogens (tertiary/aromatic N) is 2. The summed E-state index contributed by atoms with van der Waals surface area (Å²) in [7, 11) is 0. The van der Waals surface area contributed by atoms with Crippen LogP contribution >= 0.6 is 15.9 Å². The van der Waals surface area contributed by atoms with E-state index in [2.05, 4.69) is 15.9 Å². The van der Waals surface area contributed by atoms with Crippen molar-refractivity contribution in [2.45, 2.75) is 13.5 Å². The van der Waals surface area contributed by atoms with Crippen LogP contribution < -0.4 is 9.64 Å². The van der Waals surface area contributed by atoms with Crippen LogP contribution in [0.1, 0.15) is 18.1 Å². The molecule has 31 heavy (non-hydrogen) atoms. The van der Waals surface area contributed by atoms with Gasteiger partial charge >= 0.3 is 0 Å². The zero-order valence-corrected chi connectivity index (χ0v) is 18.5. The molecule has 3 rings (SSSR count). The molecule has 1 amide bonds. The van der Waals surface area contributed by atoms with Gasteiger partial charge in [-0.1, -0.05) is 52.3 Å². The van der Waals surface area contributed by atoms with Gasteiger partial charge in [-0.15, -0.1) is 0 Å². The van der Waals surface area contributed by atoms with Crippen LogP contribution in [0.5, 0.6) is 5.75 Å². The number of ether oxygens (including phenoxy) is 1. The molecule has 0 heterocycles. The third-order valence-corrected chi connectivity index (χ3v) is 4.97. The zero-order valence-electron chi connectivity index (χ0n) is 16.9. The average molecular weight is 481 g/mol. The van der Waals surface area contributed by atoms with Gasteiger partial charge in [-0.3, -0.25) is 14.9 Å². The van der Waals surface area contributed by atoms with Crippen molar-refractivity contribution in [3.8, 4) is 5.75 Å². The van der Waals surface area contributed by atoms with E-state index in [0.29, 0.717) is 18.0 Å². The molecule has 158 valence electrons. The molecular formula is C24H21BrN2O4. The van der Waals surface area contributed by atoms with E-state index in [4.69, 9.17) is 4.74 Å². The molecule has 0 spiro atoms. The SMILES string of the molecule is CCOc1ccc(Br)cc1C=CC(=O)N(Cc1ccccc1)c1cccc([N+](=O)[O-])c1. The molecule has 0 aromatic heterocycles. The fourth-order valence-corrected chi connectivity index (χ4v) is 3.40. The number of hydrogen-bond donors (Lipinski definition) is 0. The van der Waals surface area contributed by atoms with Gasteiger partial charge in [-0.2, -0.15) is 0 Å². The molecule has 0 atom stereocenters. The van der Waals surface area contributed by atoms with E-state index in [1.54, 1.807) is 18.2 Å². The van der Waals surface area contributed by atoms with E-state index in [9.17, 15) is 14.9 Å². The second-order valence-electron chi connectivity index (χ2n) is 6.64. The summed E-state index contributed by atoms with van der Waals surface area (Å²) in [5.74, 6) is 0.367. The quantitative estimate of drug-likeness (QED) is 0.225. The molecule has 0 aliphatic heterocycles. The molecule has 0 unspecified atom stereocenters. The predicted molar refractivity (Wildman–Crippen MR) is 125 cm³/mol. The molecular weight excluding hydrogens is 460 g/mol. The normalized spacial score (nSPS) is 10.8. The molecule has 6 nitrogen and oxygen atoms in total. The molecule has 7 heteroatoms. The molecule has 0 aliphatic rings. The van der Waals surface area contributed by atoms with Crippen molar-refractivity contribution < 1.29 is 14.5 Å². The third kappa shape index (κ3) is 6.02. The van der Waals surface area contributed by atoms with Crippen LogP contribution in [0.4, 0.5) is 11.4 Å². The van der Waals surface area contributed by atoms with E-state index < -0.39 is 4.92 Å². The lowest BCUT2D eigenvalue weighted by molar-refractivity contribution is -0.384. The number of benzene rings is 3. The Morgan fingerprint density at radius 2 is 1.87 bits per heavy atom. The second-order valence-corrected chi connectivity index (χ2v) is 7.55. The van der Waals surface area contributed by atoms with Crippen molar-refractivity contribution in [3.63, 3.8) is 0 Å². The van der Waals surface area contributed by atoms with E-state index in [0.717, 1.165) is 15.6 Å². The van der Waals surface area contributed by atoms with Gasteiger partial charge in [0.25, 0.3) is 11.6 Å². The molecule has 0 N–H and O–H groups in total. The number of rotatable bonds is 8. The van der Waals surface area contributed by atoms with Crippen LogP contribution in [0.3, 0.4) is 0 Å². The van der Waals surface area contributed by atoms with Crippen molar-refractivity contribution in [1.29, 1.82) is 0 Å². The van der Waals surface area contributed by atoms with E-state index in [-0.39, 0.29) is 18.1 Å². The Bertz CT molecular complexity index is 1100. The smallest absolute Gasteiger partial charge is 0.271 e. The van der Waals surface area contributed by atoms with Crippen molar-refractivity contribution >= 4 is 39.3 Å². The molecule has 0 radical (unpaired) electrons. The summed E-state index contributed by atoms with van der Waals surface area (Å²) in [5, 5.41) is 11.2. The second kappa shape index (κ2) is 10.5. The summed E-state index contributed by atoms with van der Waals surface area (Å²) < 4.78 is 6.50. The standard InChI is InChI=1S/C24H21BrN2O4/c1-2-31-23-13-12-20(25)15-19(23)11-14-24(28)26(17-18-7-4-3-5-8-18)21-9-6-10-22(16-21)27(29)30/h3-16H,2,17H2,1H3. The fourth-order valence-electron chi connectivity index (χ4n) is 3.02. The highest BCUT2D eigenvalue weighted by Crippen LogP contribution is 2.26. The topological polar surface area (TPSA) is 72.7 Å². The number of carbonyl (C=O) groups excluding carboxylic acids is 1. The van der Waals surface area contributed by atoms with Crippen LogP contribution in [-0.2, 0) is 11.3 Å². The van der Waals surface area contributed by atoms with Gasteiger partial charge in [0.2, 0.25) is 0 Å². The summed E-state index contributed by atoms with van der Waals surface area (Å²) in [6.45, 7) is 2.68. The minimum Gasteiger partial charge on any atom is -0.493 e. The maximum atomic E-state index is 13.2. The molecule has 0 fully saturated rings. The molecule has 3 aromatic rings.